The van der Waals surface area contributed by atoms with Crippen LogP contribution in [0.2, 0.25) is 0 Å². The number of aromatic nitrogens is 3. The Kier molecular flexibility index (Phi) is 4.93. The number of nitrogens with one attached hydrogen (secondary N) is 1. The average Bonchev–Trinajstić information content (AvgIpc) is 2.60. The maximum Gasteiger partial charge on any atom is 0.433 e. The predicted molar refractivity (Wildman–Crippen MR) is 95.4 cm³/mol. The molecule has 0 aliphatic heterocycles. The highest BCUT2D eigenvalue weighted by molar-refractivity contribution is 5.87. The van der Waals surface area contributed by atoms with Crippen molar-refractivity contribution in [1.82, 2.24) is 15.0 Å². The van der Waals surface area contributed by atoms with Crippen molar-refractivity contribution in [3.05, 3.63) is 68.9 Å². The van der Waals surface area contributed by atoms with E-state index >= 15 is 0 Å². The number of carbonyl (C=O) groups is 1. The molecule has 0 saturated carbocycles. The summed E-state index contributed by atoms with van der Waals surface area (Å²) in [6.07, 6.45) is -4.49. The molecule has 1 atom stereocenters. The smallest absolute Gasteiger partial charge is 0.433 e. The average molecular weight is 391 g/mol. The lowest BCUT2D eigenvalue weighted by atomic mass is 9.91. The van der Waals surface area contributed by atoms with Crippen LogP contribution in [-0.2, 0) is 12.6 Å². The predicted octanol–water partition coefficient (Wildman–Crippen LogP) is 3.69. The third-order valence-corrected chi connectivity index (χ3v) is 4.39. The van der Waals surface area contributed by atoms with E-state index in [1.807, 2.05) is 0 Å². The van der Waals surface area contributed by atoms with E-state index in [2.05, 4.69) is 15.0 Å². The van der Waals surface area contributed by atoms with E-state index in [1.165, 1.54) is 25.1 Å². The maximum absolute atomic E-state index is 13.6. The van der Waals surface area contributed by atoms with Crippen molar-refractivity contribution in [1.29, 1.82) is 0 Å². The SMILES string of the molecule is Cc1nc2nc(C(F)(F)F)c([C@H](C)Cc3ccc(C(=O)O)cc3)cc2c(=O)[nH]1. The Balaban J connectivity index is 2.06. The Hall–Kier alpha value is -3.23. The van der Waals surface area contributed by atoms with Gasteiger partial charge >= 0.3 is 12.1 Å². The zero-order valence-corrected chi connectivity index (χ0v) is 15.0. The summed E-state index contributed by atoms with van der Waals surface area (Å²) in [5.41, 5.74) is -1.24. The van der Waals surface area contributed by atoms with Gasteiger partial charge in [-0.2, -0.15) is 13.2 Å². The molecule has 0 bridgehead atoms. The van der Waals surface area contributed by atoms with Gasteiger partial charge in [-0.15, -0.1) is 0 Å². The highest BCUT2D eigenvalue weighted by Gasteiger charge is 2.37. The Labute approximate surface area is 157 Å². The van der Waals surface area contributed by atoms with Gasteiger partial charge in [0.15, 0.2) is 5.65 Å². The first-order valence-electron chi connectivity index (χ1n) is 8.37. The third-order valence-electron chi connectivity index (χ3n) is 4.39. The summed E-state index contributed by atoms with van der Waals surface area (Å²) in [4.78, 5) is 33.0. The molecule has 0 unspecified atom stereocenters. The molecule has 146 valence electrons. The van der Waals surface area contributed by atoms with E-state index in [4.69, 9.17) is 5.11 Å². The first-order chi connectivity index (χ1) is 13.1. The number of aryl methyl sites for hydroxylation is 1. The summed E-state index contributed by atoms with van der Waals surface area (Å²) in [5.74, 6) is -1.53. The van der Waals surface area contributed by atoms with E-state index in [0.29, 0.717) is 5.56 Å². The largest absolute Gasteiger partial charge is 0.478 e. The Morgan fingerprint density at radius 1 is 1.21 bits per heavy atom. The highest BCUT2D eigenvalue weighted by atomic mass is 19.4. The molecule has 0 fully saturated rings. The molecule has 9 heteroatoms. The van der Waals surface area contributed by atoms with E-state index < -0.39 is 29.3 Å². The van der Waals surface area contributed by atoms with Gasteiger partial charge in [0, 0.05) is 0 Å². The van der Waals surface area contributed by atoms with Crippen molar-refractivity contribution in [2.24, 2.45) is 0 Å². The van der Waals surface area contributed by atoms with Crippen LogP contribution in [0.4, 0.5) is 13.2 Å². The highest BCUT2D eigenvalue weighted by Crippen LogP contribution is 2.36. The van der Waals surface area contributed by atoms with Gasteiger partial charge in [0.25, 0.3) is 5.56 Å². The molecule has 3 aromatic rings. The van der Waals surface area contributed by atoms with Gasteiger partial charge in [0.05, 0.1) is 10.9 Å². The number of alkyl halides is 3. The minimum Gasteiger partial charge on any atom is -0.478 e. The van der Waals surface area contributed by atoms with Crippen molar-refractivity contribution >= 4 is 17.0 Å². The fraction of sp³-hybridized carbons (Fsp3) is 0.263. The summed E-state index contributed by atoms with van der Waals surface area (Å²) in [6, 6.07) is 7.09. The molecule has 6 nitrogen and oxygen atoms in total. The van der Waals surface area contributed by atoms with Crippen LogP contribution in [0.15, 0.2) is 35.1 Å². The number of carboxylic acid groups (broad SMARTS) is 1. The van der Waals surface area contributed by atoms with Crippen LogP contribution < -0.4 is 5.56 Å². The number of nitrogens with zero attached hydrogens (tertiary/aromatic N) is 2. The summed E-state index contributed by atoms with van der Waals surface area (Å²) < 4.78 is 40.7. The fourth-order valence-corrected chi connectivity index (χ4v) is 3.04. The normalized spacial score (nSPS) is 12.9. The second-order valence-electron chi connectivity index (χ2n) is 6.55. The van der Waals surface area contributed by atoms with Crippen LogP contribution in [0.1, 0.15) is 45.8 Å². The van der Waals surface area contributed by atoms with Gasteiger partial charge in [-0.1, -0.05) is 19.1 Å². The van der Waals surface area contributed by atoms with Crippen molar-refractivity contribution in [2.45, 2.75) is 32.4 Å². The molecule has 0 saturated heterocycles. The Morgan fingerprint density at radius 2 is 1.86 bits per heavy atom. The van der Waals surface area contributed by atoms with Crippen LogP contribution in [-0.4, -0.2) is 26.0 Å². The third kappa shape index (κ3) is 3.88. The first-order valence-corrected chi connectivity index (χ1v) is 8.37. The maximum atomic E-state index is 13.6. The first kappa shape index (κ1) is 19.5. The molecule has 0 aliphatic carbocycles. The lowest BCUT2D eigenvalue weighted by molar-refractivity contribution is -0.141. The Bertz CT molecular complexity index is 1110. The van der Waals surface area contributed by atoms with Crippen molar-refractivity contribution in [3.8, 4) is 0 Å². The number of pyridine rings is 1. The summed E-state index contributed by atoms with van der Waals surface area (Å²) in [6.45, 7) is 3.06. The van der Waals surface area contributed by atoms with Gasteiger partial charge in [-0.05, 0) is 48.6 Å². The van der Waals surface area contributed by atoms with Gasteiger partial charge in [0.2, 0.25) is 0 Å². The molecule has 3 rings (SSSR count). The zero-order valence-electron chi connectivity index (χ0n) is 15.0. The molecule has 0 aliphatic rings. The number of halogens is 3. The number of fused-ring (bicyclic) bond motifs is 1. The topological polar surface area (TPSA) is 95.9 Å². The van der Waals surface area contributed by atoms with Gasteiger partial charge in [-0.25, -0.2) is 14.8 Å². The molecule has 0 radical (unpaired) electrons. The molecule has 2 heterocycles. The number of H-pyrrole nitrogens is 1. The van der Waals surface area contributed by atoms with Crippen LogP contribution in [0.3, 0.4) is 0 Å². The quantitative estimate of drug-likeness (QED) is 0.707. The summed E-state index contributed by atoms with van der Waals surface area (Å²) >= 11 is 0. The minimum absolute atomic E-state index is 0.0123. The van der Waals surface area contributed by atoms with Crippen molar-refractivity contribution in [2.75, 3.05) is 0 Å². The summed E-state index contributed by atoms with van der Waals surface area (Å²) in [5, 5.41) is 8.92. The molecule has 2 aromatic heterocycles. The second kappa shape index (κ2) is 7.06. The van der Waals surface area contributed by atoms with Crippen LogP contribution >= 0.6 is 0 Å². The van der Waals surface area contributed by atoms with Crippen molar-refractivity contribution in [3.63, 3.8) is 0 Å². The number of carboxylic acids is 1. The molecule has 0 amide bonds. The number of benzene rings is 1. The molecular weight excluding hydrogens is 375 g/mol. The number of aromatic carboxylic acids is 1. The molecule has 1 aromatic carbocycles. The van der Waals surface area contributed by atoms with E-state index in [9.17, 15) is 22.8 Å². The van der Waals surface area contributed by atoms with E-state index in [1.54, 1.807) is 19.1 Å². The van der Waals surface area contributed by atoms with Crippen LogP contribution in [0.5, 0.6) is 0 Å². The van der Waals surface area contributed by atoms with Gasteiger partial charge in [-0.3, -0.25) is 4.79 Å². The minimum atomic E-state index is -4.71. The van der Waals surface area contributed by atoms with Crippen molar-refractivity contribution < 1.29 is 23.1 Å². The second-order valence-corrected chi connectivity index (χ2v) is 6.55. The van der Waals surface area contributed by atoms with Crippen LogP contribution in [0, 0.1) is 6.92 Å². The Morgan fingerprint density at radius 3 is 2.43 bits per heavy atom. The lowest BCUT2D eigenvalue weighted by Gasteiger charge is -2.18. The summed E-state index contributed by atoms with van der Waals surface area (Å²) in [7, 11) is 0. The zero-order chi connectivity index (χ0) is 20.6. The number of aromatic amines is 1. The van der Waals surface area contributed by atoms with Gasteiger partial charge < -0.3 is 10.1 Å². The number of hydrogen-bond donors (Lipinski definition) is 2. The monoisotopic (exact) mass is 391 g/mol. The fourth-order valence-electron chi connectivity index (χ4n) is 3.04. The number of hydrogen-bond acceptors (Lipinski definition) is 4. The molecular formula is C19H16F3N3O3. The van der Waals surface area contributed by atoms with Crippen LogP contribution in [0.25, 0.3) is 11.0 Å². The van der Waals surface area contributed by atoms with Gasteiger partial charge in [0.1, 0.15) is 11.5 Å². The molecule has 0 spiro atoms. The van der Waals surface area contributed by atoms with E-state index in [-0.39, 0.29) is 34.4 Å². The lowest BCUT2D eigenvalue weighted by Crippen LogP contribution is -2.18. The molecule has 2 N–H and O–H groups in total. The number of rotatable bonds is 4. The molecule has 28 heavy (non-hydrogen) atoms. The van der Waals surface area contributed by atoms with E-state index in [0.717, 1.165) is 0 Å². The standard InChI is InChI=1S/C19H16F3N3O3/c1-9(7-11-3-5-12(6-4-11)18(27)28)13-8-14-16(23-10(2)24-17(14)26)25-15(13)19(20,21)22/h3-6,8-9H,7H2,1-2H3,(H,27,28)(H,23,24,25,26)/t9-/m1/s1.